The number of aromatic nitrogens is 2. The van der Waals surface area contributed by atoms with Gasteiger partial charge >= 0.3 is 5.97 Å². The Labute approximate surface area is 192 Å². The van der Waals surface area contributed by atoms with Crippen LogP contribution in [-0.2, 0) is 9.53 Å². The van der Waals surface area contributed by atoms with Gasteiger partial charge in [0.1, 0.15) is 16.6 Å². The van der Waals surface area contributed by atoms with Crippen molar-refractivity contribution in [3.05, 3.63) is 58.6 Å². The molecule has 1 aromatic heterocycles. The number of methoxy groups -OCH3 is 1. The van der Waals surface area contributed by atoms with Gasteiger partial charge < -0.3 is 14.7 Å². The van der Waals surface area contributed by atoms with Crippen molar-refractivity contribution >= 4 is 40.6 Å². The monoisotopic (exact) mass is 463 g/mol. The third-order valence-corrected chi connectivity index (χ3v) is 6.47. The molecule has 31 heavy (non-hydrogen) atoms. The molecule has 2 aromatic rings. The summed E-state index contributed by atoms with van der Waals surface area (Å²) < 4.78 is 4.79. The number of hydrogen-bond donors (Lipinski definition) is 1. The van der Waals surface area contributed by atoms with Gasteiger partial charge in [-0.1, -0.05) is 41.9 Å². The van der Waals surface area contributed by atoms with Crippen LogP contribution in [0.4, 0.5) is 5.69 Å². The molecule has 166 valence electrons. The molecule has 0 aliphatic heterocycles. The van der Waals surface area contributed by atoms with Crippen molar-refractivity contribution in [2.45, 2.75) is 38.0 Å². The van der Waals surface area contributed by atoms with Gasteiger partial charge in [0.15, 0.2) is 0 Å². The average molecular weight is 464 g/mol. The summed E-state index contributed by atoms with van der Waals surface area (Å²) >= 11 is 12.4. The Bertz CT molecular complexity index is 893. The van der Waals surface area contributed by atoms with E-state index in [0.29, 0.717) is 36.1 Å². The number of nitrogens with zero attached hydrogens (tertiary/aromatic N) is 3. The standard InChI is InChI=1S/C23H27Cl2N3O3/c1-15(21-22(24)26-14-27-23(21)25)28(11-12-29)19-9-7-18(8-10-19)17-5-3-16(4-6-17)13-20(30)31-2/h7-10,14,16-17,29H,1,3-6,11-13H2,2H3/t16-,17-. The highest BCUT2D eigenvalue weighted by Crippen LogP contribution is 2.38. The van der Waals surface area contributed by atoms with Crippen molar-refractivity contribution in [1.29, 1.82) is 0 Å². The van der Waals surface area contributed by atoms with Crippen LogP contribution in [0.5, 0.6) is 0 Å². The number of carbonyl (C=O) groups is 1. The molecule has 1 aliphatic rings. The number of hydrogen-bond acceptors (Lipinski definition) is 6. The zero-order valence-electron chi connectivity index (χ0n) is 17.6. The Morgan fingerprint density at radius 2 is 1.77 bits per heavy atom. The van der Waals surface area contributed by atoms with E-state index in [2.05, 4.69) is 28.7 Å². The van der Waals surface area contributed by atoms with E-state index in [1.807, 2.05) is 17.0 Å². The molecule has 0 amide bonds. The minimum Gasteiger partial charge on any atom is -0.469 e. The molecular formula is C23H27Cl2N3O3. The Morgan fingerprint density at radius 3 is 2.32 bits per heavy atom. The Hall–Kier alpha value is -2.15. The van der Waals surface area contributed by atoms with E-state index in [4.69, 9.17) is 27.9 Å². The molecule has 0 saturated heterocycles. The van der Waals surface area contributed by atoms with Crippen molar-refractivity contribution in [2.24, 2.45) is 5.92 Å². The number of halogens is 2. The van der Waals surface area contributed by atoms with Crippen LogP contribution in [0.1, 0.15) is 49.1 Å². The molecule has 3 rings (SSSR count). The quantitative estimate of drug-likeness (QED) is 0.433. The Morgan fingerprint density at radius 1 is 1.16 bits per heavy atom. The molecule has 0 bridgehead atoms. The molecule has 6 nitrogen and oxygen atoms in total. The van der Waals surface area contributed by atoms with Crippen LogP contribution in [-0.4, -0.2) is 41.3 Å². The normalized spacial score (nSPS) is 18.5. The summed E-state index contributed by atoms with van der Waals surface area (Å²) in [5.74, 6) is 0.763. The number of carbonyl (C=O) groups excluding carboxylic acids is 1. The number of aliphatic hydroxyl groups is 1. The largest absolute Gasteiger partial charge is 0.469 e. The lowest BCUT2D eigenvalue weighted by molar-refractivity contribution is -0.142. The number of anilines is 1. The van der Waals surface area contributed by atoms with Gasteiger partial charge in [0.2, 0.25) is 0 Å². The number of benzene rings is 1. The van der Waals surface area contributed by atoms with E-state index in [1.165, 1.54) is 19.0 Å². The van der Waals surface area contributed by atoms with Crippen LogP contribution < -0.4 is 4.90 Å². The average Bonchev–Trinajstić information content (AvgIpc) is 2.78. The van der Waals surface area contributed by atoms with Crippen LogP contribution in [0.25, 0.3) is 5.70 Å². The molecule has 1 aliphatic carbocycles. The fraction of sp³-hybridized carbons (Fsp3) is 0.435. The van der Waals surface area contributed by atoms with Gasteiger partial charge in [-0.05, 0) is 55.2 Å². The van der Waals surface area contributed by atoms with E-state index in [9.17, 15) is 9.90 Å². The highest BCUT2D eigenvalue weighted by atomic mass is 35.5. The predicted molar refractivity (Wildman–Crippen MR) is 123 cm³/mol. The van der Waals surface area contributed by atoms with E-state index >= 15 is 0 Å². The maximum Gasteiger partial charge on any atom is 0.305 e. The third-order valence-electron chi connectivity index (χ3n) is 5.90. The van der Waals surface area contributed by atoms with Crippen LogP contribution in [0.2, 0.25) is 10.3 Å². The number of ether oxygens (including phenoxy) is 1. The van der Waals surface area contributed by atoms with Gasteiger partial charge in [-0.2, -0.15) is 0 Å². The summed E-state index contributed by atoms with van der Waals surface area (Å²) in [5, 5.41) is 10.0. The number of aliphatic hydroxyl groups excluding tert-OH is 1. The molecule has 0 unspecified atom stereocenters. The van der Waals surface area contributed by atoms with Crippen molar-refractivity contribution < 1.29 is 14.6 Å². The van der Waals surface area contributed by atoms with Crippen LogP contribution >= 0.6 is 23.2 Å². The maximum absolute atomic E-state index is 11.5. The first-order chi connectivity index (χ1) is 14.9. The van der Waals surface area contributed by atoms with Crippen molar-refractivity contribution in [3.63, 3.8) is 0 Å². The number of rotatable bonds is 8. The first-order valence-corrected chi connectivity index (χ1v) is 11.1. The summed E-state index contributed by atoms with van der Waals surface area (Å²) in [6.07, 6.45) is 5.97. The van der Waals surface area contributed by atoms with E-state index in [-0.39, 0.29) is 22.9 Å². The first-order valence-electron chi connectivity index (χ1n) is 10.3. The van der Waals surface area contributed by atoms with E-state index in [1.54, 1.807) is 0 Å². The SMILES string of the molecule is C=C(c1c(Cl)ncnc1Cl)N(CCO)c1ccc([C@H]2CC[C@H](CC(=O)OC)CC2)cc1. The second kappa shape index (κ2) is 10.9. The molecule has 1 aromatic carbocycles. The van der Waals surface area contributed by atoms with Gasteiger partial charge in [-0.15, -0.1) is 0 Å². The summed E-state index contributed by atoms with van der Waals surface area (Å²) in [7, 11) is 1.44. The molecule has 1 saturated carbocycles. The zero-order chi connectivity index (χ0) is 22.4. The molecule has 0 radical (unpaired) electrons. The molecule has 0 spiro atoms. The highest BCUT2D eigenvalue weighted by molar-refractivity contribution is 6.36. The zero-order valence-corrected chi connectivity index (χ0v) is 19.1. The Kier molecular flexibility index (Phi) is 8.29. The molecule has 8 heteroatoms. The summed E-state index contributed by atoms with van der Waals surface area (Å²) in [6, 6.07) is 8.26. The molecule has 1 heterocycles. The molecule has 1 N–H and O–H groups in total. The smallest absolute Gasteiger partial charge is 0.305 e. The first kappa shape index (κ1) is 23.5. The summed E-state index contributed by atoms with van der Waals surface area (Å²) in [5.41, 5.74) is 3.13. The fourth-order valence-electron chi connectivity index (χ4n) is 4.18. The third kappa shape index (κ3) is 5.76. The van der Waals surface area contributed by atoms with Gasteiger partial charge in [-0.3, -0.25) is 4.79 Å². The van der Waals surface area contributed by atoms with E-state index in [0.717, 1.165) is 31.4 Å². The molecule has 1 fully saturated rings. The predicted octanol–water partition coefficient (Wildman–Crippen LogP) is 5.09. The lowest BCUT2D eigenvalue weighted by atomic mass is 9.77. The van der Waals surface area contributed by atoms with Gasteiger partial charge in [0, 0.05) is 24.4 Å². The van der Waals surface area contributed by atoms with Gasteiger partial charge in [-0.25, -0.2) is 9.97 Å². The second-order valence-corrected chi connectivity index (χ2v) is 8.46. The number of esters is 1. The van der Waals surface area contributed by atoms with Crippen LogP contribution in [0, 0.1) is 5.92 Å². The van der Waals surface area contributed by atoms with E-state index < -0.39 is 0 Å². The highest BCUT2D eigenvalue weighted by Gasteiger charge is 2.25. The summed E-state index contributed by atoms with van der Waals surface area (Å²) in [6.45, 7) is 4.39. The maximum atomic E-state index is 11.5. The minimum atomic E-state index is -0.124. The second-order valence-electron chi connectivity index (χ2n) is 7.74. The summed E-state index contributed by atoms with van der Waals surface area (Å²) in [4.78, 5) is 21.3. The minimum absolute atomic E-state index is 0.0616. The molecule has 0 atom stereocenters. The Balaban J connectivity index is 1.71. The fourth-order valence-corrected chi connectivity index (χ4v) is 4.72. The topological polar surface area (TPSA) is 75.5 Å². The molecular weight excluding hydrogens is 437 g/mol. The van der Waals surface area contributed by atoms with Crippen molar-refractivity contribution in [2.75, 3.05) is 25.2 Å². The van der Waals surface area contributed by atoms with Crippen LogP contribution in [0.3, 0.4) is 0 Å². The van der Waals surface area contributed by atoms with Crippen molar-refractivity contribution in [3.8, 4) is 0 Å². The van der Waals surface area contributed by atoms with Gasteiger partial charge in [0.05, 0.1) is 19.3 Å². The lowest BCUT2D eigenvalue weighted by Crippen LogP contribution is -2.25. The van der Waals surface area contributed by atoms with Crippen LogP contribution in [0.15, 0.2) is 37.2 Å². The van der Waals surface area contributed by atoms with Gasteiger partial charge in [0.25, 0.3) is 0 Å². The van der Waals surface area contributed by atoms with Crippen molar-refractivity contribution in [1.82, 2.24) is 9.97 Å². The lowest BCUT2D eigenvalue weighted by Gasteiger charge is -2.30.